The fourth-order valence-electron chi connectivity index (χ4n) is 3.20. The molecule has 2 N–H and O–H groups in total. The summed E-state index contributed by atoms with van der Waals surface area (Å²) in [6, 6.07) is 7.90. The molecule has 0 spiro atoms. The normalized spacial score (nSPS) is 15.7. The second-order valence-corrected chi connectivity index (χ2v) is 7.98. The molecular weight excluding hydrogens is 441 g/mol. The molecule has 6 nitrogen and oxygen atoms in total. The van der Waals surface area contributed by atoms with E-state index in [4.69, 9.17) is 0 Å². The first-order valence-electron chi connectivity index (χ1n) is 9.49. The molecule has 10 heteroatoms. The third-order valence-electron chi connectivity index (χ3n) is 5.01. The molecule has 1 atom stereocenters. The second kappa shape index (κ2) is 8.29. The van der Waals surface area contributed by atoms with E-state index >= 15 is 0 Å². The lowest BCUT2D eigenvalue weighted by atomic mass is 9.88. The number of thiazole rings is 1. The van der Waals surface area contributed by atoms with Crippen LogP contribution in [0.1, 0.15) is 40.7 Å². The molecule has 1 aliphatic heterocycles. The number of pyridine rings is 1. The van der Waals surface area contributed by atoms with E-state index in [2.05, 4.69) is 20.3 Å². The van der Waals surface area contributed by atoms with E-state index in [-0.39, 0.29) is 17.9 Å². The van der Waals surface area contributed by atoms with Gasteiger partial charge in [-0.2, -0.15) is 13.2 Å². The van der Waals surface area contributed by atoms with Gasteiger partial charge in [-0.15, -0.1) is 11.3 Å². The van der Waals surface area contributed by atoms with Crippen LogP contribution in [0.25, 0.3) is 5.70 Å². The van der Waals surface area contributed by atoms with Crippen molar-refractivity contribution in [3.8, 4) is 0 Å². The first-order chi connectivity index (χ1) is 15.1. The van der Waals surface area contributed by atoms with Crippen molar-refractivity contribution in [2.24, 2.45) is 4.99 Å². The summed E-state index contributed by atoms with van der Waals surface area (Å²) in [6.07, 6.45) is -1.03. The van der Waals surface area contributed by atoms with Gasteiger partial charge in [0.2, 0.25) is 0 Å². The van der Waals surface area contributed by atoms with Gasteiger partial charge in [0.15, 0.2) is 0 Å². The number of carbonyl (C=O) groups excluding carboxylic acids is 1. The number of aliphatic imine (C=N–C) groups is 1. The standard InChI is InChI=1S/C22H17F3N4O2S/c1-21(31,13-3-2-4-14(9-13)22(23,24)25)19-8-7-17(29-19)16-6-5-15(10-26-16)28-20(30)18-11-32-12-27-18/h2-7,9-12,31H,8H2,1H3,(H,28,30). The smallest absolute Gasteiger partial charge is 0.379 e. The minimum atomic E-state index is -4.51. The Morgan fingerprint density at radius 3 is 2.59 bits per heavy atom. The Morgan fingerprint density at radius 1 is 1.16 bits per heavy atom. The minimum Gasteiger partial charge on any atom is -0.379 e. The third kappa shape index (κ3) is 4.46. The predicted octanol–water partition coefficient (Wildman–Crippen LogP) is 4.90. The number of benzene rings is 1. The number of amides is 1. The molecule has 164 valence electrons. The number of hydrogen-bond donors (Lipinski definition) is 2. The van der Waals surface area contributed by atoms with E-state index in [9.17, 15) is 23.1 Å². The van der Waals surface area contributed by atoms with Gasteiger partial charge in [0.25, 0.3) is 5.91 Å². The molecule has 1 amide bonds. The zero-order valence-corrected chi connectivity index (χ0v) is 17.5. The lowest BCUT2D eigenvalue weighted by Crippen LogP contribution is -2.31. The van der Waals surface area contributed by atoms with Crippen LogP contribution >= 0.6 is 11.3 Å². The van der Waals surface area contributed by atoms with Crippen molar-refractivity contribution in [1.29, 1.82) is 0 Å². The molecule has 32 heavy (non-hydrogen) atoms. The van der Waals surface area contributed by atoms with Crippen LogP contribution in [0.5, 0.6) is 0 Å². The number of alkyl halides is 3. The maximum atomic E-state index is 13.0. The van der Waals surface area contributed by atoms with Crippen LogP contribution in [-0.2, 0) is 11.8 Å². The van der Waals surface area contributed by atoms with Crippen LogP contribution in [0.2, 0.25) is 0 Å². The number of anilines is 1. The third-order valence-corrected chi connectivity index (χ3v) is 5.59. The van der Waals surface area contributed by atoms with Gasteiger partial charge in [0.05, 0.1) is 40.1 Å². The zero-order chi connectivity index (χ0) is 22.9. The molecule has 1 unspecified atom stereocenters. The maximum absolute atomic E-state index is 13.0. The van der Waals surface area contributed by atoms with Gasteiger partial charge in [-0.3, -0.25) is 14.8 Å². The summed E-state index contributed by atoms with van der Waals surface area (Å²) in [7, 11) is 0. The number of nitrogens with zero attached hydrogens (tertiary/aromatic N) is 3. The van der Waals surface area contributed by atoms with Crippen LogP contribution in [-0.4, -0.2) is 26.7 Å². The summed E-state index contributed by atoms with van der Waals surface area (Å²) in [5, 5.41) is 15.3. The number of rotatable bonds is 5. The predicted molar refractivity (Wildman–Crippen MR) is 115 cm³/mol. The molecule has 3 heterocycles. The quantitative estimate of drug-likeness (QED) is 0.569. The molecule has 0 radical (unpaired) electrons. The largest absolute Gasteiger partial charge is 0.416 e. The number of hydrogen-bond acceptors (Lipinski definition) is 6. The van der Waals surface area contributed by atoms with Crippen LogP contribution in [0, 0.1) is 0 Å². The molecule has 0 saturated heterocycles. The van der Waals surface area contributed by atoms with Crippen molar-refractivity contribution in [3.63, 3.8) is 0 Å². The Bertz CT molecular complexity index is 1200. The van der Waals surface area contributed by atoms with Crippen LogP contribution in [0.15, 0.2) is 64.6 Å². The van der Waals surface area contributed by atoms with E-state index in [1.165, 1.54) is 36.6 Å². The molecule has 0 saturated carbocycles. The highest BCUT2D eigenvalue weighted by atomic mass is 32.1. The number of carbonyl (C=O) groups is 1. The Labute approximate surface area is 185 Å². The molecular formula is C22H17F3N4O2S. The Hall–Kier alpha value is -3.37. The van der Waals surface area contributed by atoms with Crippen molar-refractivity contribution in [2.45, 2.75) is 25.1 Å². The van der Waals surface area contributed by atoms with Crippen molar-refractivity contribution in [2.75, 3.05) is 5.32 Å². The molecule has 1 aromatic carbocycles. The molecule has 3 aromatic rings. The maximum Gasteiger partial charge on any atom is 0.416 e. The van der Waals surface area contributed by atoms with E-state index in [1.54, 1.807) is 29.1 Å². The van der Waals surface area contributed by atoms with E-state index in [0.29, 0.717) is 28.5 Å². The Kier molecular flexibility index (Phi) is 5.66. The summed E-state index contributed by atoms with van der Waals surface area (Å²) < 4.78 is 39.1. The van der Waals surface area contributed by atoms with E-state index in [0.717, 1.165) is 12.1 Å². The van der Waals surface area contributed by atoms with Gasteiger partial charge in [-0.25, -0.2) is 4.98 Å². The highest BCUT2D eigenvalue weighted by Crippen LogP contribution is 2.35. The number of halogens is 3. The summed E-state index contributed by atoms with van der Waals surface area (Å²) >= 11 is 1.31. The van der Waals surface area contributed by atoms with Gasteiger partial charge in [-0.1, -0.05) is 18.2 Å². The Morgan fingerprint density at radius 2 is 1.94 bits per heavy atom. The molecule has 0 fully saturated rings. The minimum absolute atomic E-state index is 0.105. The number of aromatic nitrogens is 2. The molecule has 0 bridgehead atoms. The highest BCUT2D eigenvalue weighted by molar-refractivity contribution is 7.07. The SMILES string of the molecule is CC(O)(C1=NC(c2ccc(NC(=O)c3cscn3)cn2)=CC1)c1cccc(C(F)(F)F)c1. The fourth-order valence-corrected chi connectivity index (χ4v) is 3.74. The number of nitrogens with one attached hydrogen (secondary N) is 1. The lowest BCUT2D eigenvalue weighted by molar-refractivity contribution is -0.137. The summed E-state index contributed by atoms with van der Waals surface area (Å²) in [4.78, 5) is 24.7. The lowest BCUT2D eigenvalue weighted by Gasteiger charge is -2.25. The second-order valence-electron chi connectivity index (χ2n) is 7.26. The summed E-state index contributed by atoms with van der Waals surface area (Å²) in [5.74, 6) is -0.349. The highest BCUT2D eigenvalue weighted by Gasteiger charge is 2.35. The molecule has 0 aliphatic carbocycles. The average molecular weight is 458 g/mol. The van der Waals surface area contributed by atoms with Crippen LogP contribution in [0.3, 0.4) is 0 Å². The average Bonchev–Trinajstić information content (AvgIpc) is 3.46. The fraction of sp³-hybridized carbons (Fsp3) is 0.182. The Balaban J connectivity index is 1.50. The van der Waals surface area contributed by atoms with Crippen LogP contribution < -0.4 is 5.32 Å². The topological polar surface area (TPSA) is 87.5 Å². The van der Waals surface area contributed by atoms with Gasteiger partial charge < -0.3 is 10.4 Å². The number of allylic oxidation sites excluding steroid dienone is 1. The van der Waals surface area contributed by atoms with Crippen molar-refractivity contribution in [3.05, 3.63) is 82.1 Å². The van der Waals surface area contributed by atoms with Crippen molar-refractivity contribution >= 4 is 34.3 Å². The van der Waals surface area contributed by atoms with E-state index < -0.39 is 17.3 Å². The van der Waals surface area contributed by atoms with Crippen LogP contribution in [0.4, 0.5) is 18.9 Å². The monoisotopic (exact) mass is 458 g/mol. The molecule has 1 aliphatic rings. The zero-order valence-electron chi connectivity index (χ0n) is 16.7. The number of aliphatic hydroxyl groups is 1. The van der Waals surface area contributed by atoms with Gasteiger partial charge in [-0.05, 0) is 36.8 Å². The van der Waals surface area contributed by atoms with Crippen molar-refractivity contribution < 1.29 is 23.1 Å². The summed E-state index contributed by atoms with van der Waals surface area (Å²) in [6.45, 7) is 1.42. The van der Waals surface area contributed by atoms with Gasteiger partial charge in [0, 0.05) is 11.8 Å². The first kappa shape index (κ1) is 21.8. The van der Waals surface area contributed by atoms with Gasteiger partial charge >= 0.3 is 6.18 Å². The van der Waals surface area contributed by atoms with Gasteiger partial charge in [0.1, 0.15) is 11.3 Å². The van der Waals surface area contributed by atoms with Crippen molar-refractivity contribution in [1.82, 2.24) is 9.97 Å². The first-order valence-corrected chi connectivity index (χ1v) is 10.4. The molecule has 2 aromatic heterocycles. The summed E-state index contributed by atoms with van der Waals surface area (Å²) in [5.41, 5.74) is 1.25. The van der Waals surface area contributed by atoms with E-state index in [1.807, 2.05) is 0 Å². The molecule has 4 rings (SSSR count).